The molecule has 0 atom stereocenters. The Labute approximate surface area is 133 Å². The first kappa shape index (κ1) is 14.5. The first-order valence-corrected chi connectivity index (χ1v) is 9.07. The van der Waals surface area contributed by atoms with Gasteiger partial charge in [-0.3, -0.25) is 9.69 Å². The molecule has 1 saturated heterocycles. The molecule has 5 aliphatic rings. The summed E-state index contributed by atoms with van der Waals surface area (Å²) in [5, 5.41) is 12.4. The molecule has 0 aromatic carbocycles. The largest absolute Gasteiger partial charge is 0.350 e. The van der Waals surface area contributed by atoms with Gasteiger partial charge in [0.15, 0.2) is 0 Å². The number of carbonyl (C=O) groups excluding carboxylic acids is 1. The van der Waals surface area contributed by atoms with Gasteiger partial charge >= 0.3 is 0 Å². The van der Waals surface area contributed by atoms with Gasteiger partial charge in [-0.1, -0.05) is 0 Å². The number of carbonyl (C=O) groups is 1. The minimum atomic E-state index is 0.136. The summed E-state index contributed by atoms with van der Waals surface area (Å²) in [5.41, 5.74) is 0.136. The maximum atomic E-state index is 12.5. The molecule has 0 spiro atoms. The van der Waals surface area contributed by atoms with Gasteiger partial charge in [-0.2, -0.15) is 5.26 Å². The highest BCUT2D eigenvalue weighted by Crippen LogP contribution is 2.55. The summed E-state index contributed by atoms with van der Waals surface area (Å²) < 4.78 is 0. The maximum absolute atomic E-state index is 12.5. The van der Waals surface area contributed by atoms with Gasteiger partial charge in [0.2, 0.25) is 5.91 Å². The second-order valence-corrected chi connectivity index (χ2v) is 8.43. The number of nitriles is 1. The zero-order valence-corrected chi connectivity index (χ0v) is 13.4. The number of nitrogens with one attached hydrogen (secondary N) is 1. The Kier molecular flexibility index (Phi) is 3.64. The summed E-state index contributed by atoms with van der Waals surface area (Å²) in [6.45, 7) is 2.32. The Morgan fingerprint density at radius 2 is 1.64 bits per heavy atom. The van der Waals surface area contributed by atoms with E-state index >= 15 is 0 Å². The monoisotopic (exact) mass is 301 g/mol. The molecule has 1 amide bonds. The van der Waals surface area contributed by atoms with E-state index in [0.29, 0.717) is 6.54 Å². The highest BCUT2D eigenvalue weighted by atomic mass is 16.2. The van der Waals surface area contributed by atoms with E-state index in [1.807, 2.05) is 0 Å². The Hall–Kier alpha value is -1.08. The van der Waals surface area contributed by atoms with Gasteiger partial charge in [-0.15, -0.1) is 0 Å². The lowest BCUT2D eigenvalue weighted by molar-refractivity contribution is -0.128. The molecule has 120 valence electrons. The van der Waals surface area contributed by atoms with Crippen LogP contribution in [0.15, 0.2) is 0 Å². The molecule has 1 N–H and O–H groups in total. The van der Waals surface area contributed by atoms with E-state index in [4.69, 9.17) is 5.26 Å². The fraction of sp³-hybridized carbons (Fsp3) is 0.889. The second-order valence-electron chi connectivity index (χ2n) is 8.43. The smallest absolute Gasteiger partial charge is 0.234 e. The topological polar surface area (TPSA) is 56.1 Å². The quantitative estimate of drug-likeness (QED) is 0.870. The van der Waals surface area contributed by atoms with E-state index in [1.54, 1.807) is 0 Å². The van der Waals surface area contributed by atoms with Crippen LogP contribution in [-0.2, 0) is 4.79 Å². The summed E-state index contributed by atoms with van der Waals surface area (Å²) in [6.07, 6.45) is 9.75. The van der Waals surface area contributed by atoms with Crippen molar-refractivity contribution in [3.8, 4) is 6.07 Å². The van der Waals surface area contributed by atoms with Crippen LogP contribution in [0, 0.1) is 35.0 Å². The fourth-order valence-electron chi connectivity index (χ4n) is 6.02. The predicted octanol–water partition coefficient (Wildman–Crippen LogP) is 2.31. The number of hydrogen-bond acceptors (Lipinski definition) is 3. The van der Waals surface area contributed by atoms with Crippen molar-refractivity contribution >= 4 is 5.91 Å². The number of nitrogens with zero attached hydrogens (tertiary/aromatic N) is 2. The molecule has 1 heterocycles. The van der Waals surface area contributed by atoms with Crippen LogP contribution >= 0.6 is 0 Å². The third-order valence-corrected chi connectivity index (χ3v) is 6.58. The van der Waals surface area contributed by atoms with E-state index in [9.17, 15) is 4.79 Å². The molecule has 0 radical (unpaired) electrons. The third-order valence-electron chi connectivity index (χ3n) is 6.58. The lowest BCUT2D eigenvalue weighted by atomic mass is 9.53. The van der Waals surface area contributed by atoms with Crippen LogP contribution in [0.2, 0.25) is 0 Å². The number of hydrogen-bond donors (Lipinski definition) is 1. The predicted molar refractivity (Wildman–Crippen MR) is 83.8 cm³/mol. The molecular weight excluding hydrogens is 274 g/mol. The molecule has 4 saturated carbocycles. The summed E-state index contributed by atoms with van der Waals surface area (Å²) in [5.74, 6) is 3.04. The normalized spacial score (nSPS) is 41.3. The molecule has 4 aliphatic carbocycles. The number of rotatable bonds is 3. The van der Waals surface area contributed by atoms with Crippen molar-refractivity contribution < 1.29 is 4.79 Å². The van der Waals surface area contributed by atoms with Gasteiger partial charge in [0.25, 0.3) is 0 Å². The molecule has 4 heteroatoms. The molecule has 5 rings (SSSR count). The summed E-state index contributed by atoms with van der Waals surface area (Å²) >= 11 is 0. The van der Waals surface area contributed by atoms with Crippen LogP contribution in [0.1, 0.15) is 51.4 Å². The Morgan fingerprint density at radius 3 is 2.14 bits per heavy atom. The van der Waals surface area contributed by atoms with Crippen LogP contribution in [-0.4, -0.2) is 36.0 Å². The van der Waals surface area contributed by atoms with E-state index in [-0.39, 0.29) is 17.4 Å². The lowest BCUT2D eigenvalue weighted by Crippen LogP contribution is -2.61. The summed E-state index contributed by atoms with van der Waals surface area (Å²) in [4.78, 5) is 14.8. The second kappa shape index (κ2) is 5.53. The van der Waals surface area contributed by atoms with Gasteiger partial charge < -0.3 is 5.32 Å². The molecule has 0 unspecified atom stereocenters. The zero-order chi connectivity index (χ0) is 15.2. The number of piperidine rings is 1. The van der Waals surface area contributed by atoms with Gasteiger partial charge in [-0.05, 0) is 82.2 Å². The molecule has 22 heavy (non-hydrogen) atoms. The highest BCUT2D eigenvalue weighted by molar-refractivity contribution is 5.79. The minimum absolute atomic E-state index is 0.136. The van der Waals surface area contributed by atoms with Crippen LogP contribution in [0.5, 0.6) is 0 Å². The van der Waals surface area contributed by atoms with E-state index in [2.05, 4.69) is 16.3 Å². The molecule has 4 bridgehead atoms. The van der Waals surface area contributed by atoms with Crippen LogP contribution in [0.4, 0.5) is 0 Å². The first-order chi connectivity index (χ1) is 10.6. The van der Waals surface area contributed by atoms with Crippen molar-refractivity contribution in [3.05, 3.63) is 0 Å². The fourth-order valence-corrected chi connectivity index (χ4v) is 6.02. The molecule has 4 nitrogen and oxygen atoms in total. The summed E-state index contributed by atoms with van der Waals surface area (Å²) in [6, 6.07) is 2.35. The molecule has 5 fully saturated rings. The van der Waals surface area contributed by atoms with Gasteiger partial charge in [0, 0.05) is 11.5 Å². The molecule has 1 aliphatic heterocycles. The van der Waals surface area contributed by atoms with Gasteiger partial charge in [0.1, 0.15) is 0 Å². The van der Waals surface area contributed by atoms with Crippen LogP contribution in [0.25, 0.3) is 0 Å². The molecule has 0 aromatic rings. The standard InChI is InChI=1S/C18H27N3O/c19-11-13-1-3-21(4-2-13)12-17(22)20-18-8-14-5-15(9-18)7-16(6-14)10-18/h13-16H,1-10,12H2,(H,20,22). The van der Waals surface area contributed by atoms with Crippen molar-refractivity contribution in [1.29, 1.82) is 5.26 Å². The maximum Gasteiger partial charge on any atom is 0.234 e. The number of amides is 1. The third kappa shape index (κ3) is 2.76. The lowest BCUT2D eigenvalue weighted by Gasteiger charge is -2.57. The van der Waals surface area contributed by atoms with Crippen LogP contribution in [0.3, 0.4) is 0 Å². The SMILES string of the molecule is N#CC1CCN(CC(=O)NC23CC4CC(CC(C4)C2)C3)CC1. The van der Waals surface area contributed by atoms with Crippen molar-refractivity contribution in [2.24, 2.45) is 23.7 Å². The first-order valence-electron chi connectivity index (χ1n) is 9.07. The molecule has 0 aromatic heterocycles. The van der Waals surface area contributed by atoms with E-state index in [0.717, 1.165) is 43.7 Å². The van der Waals surface area contributed by atoms with Crippen molar-refractivity contribution in [3.63, 3.8) is 0 Å². The van der Waals surface area contributed by atoms with Crippen LogP contribution < -0.4 is 5.32 Å². The van der Waals surface area contributed by atoms with E-state index in [1.165, 1.54) is 38.5 Å². The summed E-state index contributed by atoms with van der Waals surface area (Å²) in [7, 11) is 0. The van der Waals surface area contributed by atoms with Crippen molar-refractivity contribution in [2.75, 3.05) is 19.6 Å². The van der Waals surface area contributed by atoms with Crippen molar-refractivity contribution in [2.45, 2.75) is 56.9 Å². The van der Waals surface area contributed by atoms with Gasteiger partial charge in [-0.25, -0.2) is 0 Å². The van der Waals surface area contributed by atoms with Crippen molar-refractivity contribution in [1.82, 2.24) is 10.2 Å². The zero-order valence-electron chi connectivity index (χ0n) is 13.4. The average molecular weight is 301 g/mol. The van der Waals surface area contributed by atoms with Gasteiger partial charge in [0.05, 0.1) is 12.6 Å². The average Bonchev–Trinajstić information content (AvgIpc) is 2.45. The number of likely N-dealkylation sites (tertiary alicyclic amines) is 1. The van der Waals surface area contributed by atoms with E-state index < -0.39 is 0 Å². The Morgan fingerprint density at radius 1 is 1.09 bits per heavy atom. The highest BCUT2D eigenvalue weighted by Gasteiger charge is 2.51. The minimum Gasteiger partial charge on any atom is -0.350 e. The Balaban J connectivity index is 1.32. The Bertz CT molecular complexity index is 452. The molecular formula is C18H27N3O.